The molecule has 1 aromatic carbocycles. The van der Waals surface area contributed by atoms with Crippen LogP contribution < -0.4 is 5.73 Å². The molecule has 0 radical (unpaired) electrons. The van der Waals surface area contributed by atoms with Gasteiger partial charge in [0.15, 0.2) is 0 Å². The summed E-state index contributed by atoms with van der Waals surface area (Å²) in [5.41, 5.74) is 6.77. The van der Waals surface area contributed by atoms with Crippen LogP contribution in [0.5, 0.6) is 0 Å². The van der Waals surface area contributed by atoms with Gasteiger partial charge in [-0.05, 0) is 24.8 Å². The van der Waals surface area contributed by atoms with Gasteiger partial charge in [-0.3, -0.25) is 9.35 Å². The zero-order chi connectivity index (χ0) is 17.7. The maximum atomic E-state index is 11.4. The Hall–Kier alpha value is -1.48. The molecule has 132 valence electrons. The SMILES string of the molecule is CCCOC(=O)[C@@H](N)Cc1ccccc1.CCCOS(=O)(=O)O. The molecule has 1 atom stereocenters. The summed E-state index contributed by atoms with van der Waals surface area (Å²) < 4.78 is 36.2. The van der Waals surface area contributed by atoms with E-state index in [0.717, 1.165) is 12.0 Å². The van der Waals surface area contributed by atoms with E-state index in [9.17, 15) is 13.2 Å². The van der Waals surface area contributed by atoms with Crippen molar-refractivity contribution in [3.63, 3.8) is 0 Å². The summed E-state index contributed by atoms with van der Waals surface area (Å²) in [5, 5.41) is 0. The first-order valence-electron chi connectivity index (χ1n) is 7.38. The van der Waals surface area contributed by atoms with Gasteiger partial charge in [0, 0.05) is 0 Å². The number of ether oxygens (including phenoxy) is 1. The lowest BCUT2D eigenvalue weighted by molar-refractivity contribution is -0.145. The summed E-state index contributed by atoms with van der Waals surface area (Å²) in [6.45, 7) is 4.18. The number of hydrogen-bond donors (Lipinski definition) is 2. The van der Waals surface area contributed by atoms with Crippen molar-refractivity contribution in [3.8, 4) is 0 Å². The van der Waals surface area contributed by atoms with Crippen LogP contribution in [0.4, 0.5) is 0 Å². The second kappa shape index (κ2) is 12.0. The average molecular weight is 347 g/mol. The van der Waals surface area contributed by atoms with Gasteiger partial charge in [0.1, 0.15) is 6.04 Å². The lowest BCUT2D eigenvalue weighted by atomic mass is 10.1. The van der Waals surface area contributed by atoms with Gasteiger partial charge < -0.3 is 10.5 Å². The molecule has 0 aliphatic carbocycles. The molecular formula is C15H25NO6S. The van der Waals surface area contributed by atoms with Gasteiger partial charge in [-0.2, -0.15) is 8.42 Å². The van der Waals surface area contributed by atoms with Crippen molar-refractivity contribution < 1.29 is 26.7 Å². The molecule has 0 aliphatic heterocycles. The molecule has 0 fully saturated rings. The predicted octanol–water partition coefficient (Wildman–Crippen LogP) is 1.73. The maximum Gasteiger partial charge on any atom is 0.397 e. The predicted molar refractivity (Wildman–Crippen MR) is 87.2 cm³/mol. The van der Waals surface area contributed by atoms with E-state index in [1.165, 1.54) is 0 Å². The van der Waals surface area contributed by atoms with Crippen molar-refractivity contribution in [1.82, 2.24) is 0 Å². The van der Waals surface area contributed by atoms with Crippen LogP contribution >= 0.6 is 0 Å². The maximum absolute atomic E-state index is 11.4. The Morgan fingerprint density at radius 1 is 1.17 bits per heavy atom. The molecule has 0 unspecified atom stereocenters. The smallest absolute Gasteiger partial charge is 0.397 e. The molecule has 0 heterocycles. The highest BCUT2D eigenvalue weighted by Crippen LogP contribution is 2.03. The summed E-state index contributed by atoms with van der Waals surface area (Å²) in [6, 6.07) is 9.14. The normalized spacial score (nSPS) is 12.0. The van der Waals surface area contributed by atoms with E-state index >= 15 is 0 Å². The lowest BCUT2D eigenvalue weighted by Crippen LogP contribution is -2.34. The van der Waals surface area contributed by atoms with E-state index in [1.807, 2.05) is 37.3 Å². The van der Waals surface area contributed by atoms with Crippen LogP contribution in [0, 0.1) is 0 Å². The van der Waals surface area contributed by atoms with Gasteiger partial charge in [-0.1, -0.05) is 44.2 Å². The molecule has 3 N–H and O–H groups in total. The first-order chi connectivity index (χ1) is 10.8. The number of rotatable bonds is 8. The second-order valence-electron chi connectivity index (χ2n) is 4.71. The molecule has 0 spiro atoms. The average Bonchev–Trinajstić information content (AvgIpc) is 2.51. The van der Waals surface area contributed by atoms with Crippen LogP contribution in [-0.2, 0) is 30.5 Å². The summed E-state index contributed by atoms with van der Waals surface area (Å²) in [4.78, 5) is 11.4. The summed E-state index contributed by atoms with van der Waals surface area (Å²) >= 11 is 0. The van der Waals surface area contributed by atoms with Gasteiger partial charge in [0.2, 0.25) is 0 Å². The third kappa shape index (κ3) is 12.7. The monoisotopic (exact) mass is 347 g/mol. The van der Waals surface area contributed by atoms with Crippen molar-refractivity contribution >= 4 is 16.4 Å². The number of carbonyl (C=O) groups excluding carboxylic acids is 1. The van der Waals surface area contributed by atoms with Crippen LogP contribution in [0.2, 0.25) is 0 Å². The molecule has 0 amide bonds. The van der Waals surface area contributed by atoms with Crippen molar-refractivity contribution in [1.29, 1.82) is 0 Å². The van der Waals surface area contributed by atoms with Gasteiger partial charge in [0.05, 0.1) is 13.2 Å². The van der Waals surface area contributed by atoms with Crippen LogP contribution in [0.25, 0.3) is 0 Å². The number of carbonyl (C=O) groups is 1. The molecule has 0 aliphatic rings. The van der Waals surface area contributed by atoms with Crippen LogP contribution in [-0.4, -0.2) is 38.2 Å². The Morgan fingerprint density at radius 2 is 1.74 bits per heavy atom. The minimum Gasteiger partial charge on any atom is -0.465 e. The molecule has 1 rings (SSSR count). The Balaban J connectivity index is 0.000000515. The van der Waals surface area contributed by atoms with Crippen LogP contribution in [0.1, 0.15) is 32.3 Å². The minimum absolute atomic E-state index is 0.0405. The molecule has 0 aromatic heterocycles. The fraction of sp³-hybridized carbons (Fsp3) is 0.533. The zero-order valence-corrected chi connectivity index (χ0v) is 14.3. The van der Waals surface area contributed by atoms with Crippen molar-refractivity contribution in [2.45, 2.75) is 39.2 Å². The van der Waals surface area contributed by atoms with E-state index < -0.39 is 16.4 Å². The number of hydrogen-bond acceptors (Lipinski definition) is 6. The highest BCUT2D eigenvalue weighted by molar-refractivity contribution is 7.80. The molecule has 23 heavy (non-hydrogen) atoms. The number of esters is 1. The fourth-order valence-corrected chi connectivity index (χ4v) is 1.83. The molecule has 0 bridgehead atoms. The third-order valence-corrected chi connectivity index (χ3v) is 2.95. The number of benzene rings is 1. The second-order valence-corrected chi connectivity index (χ2v) is 5.80. The summed E-state index contributed by atoms with van der Waals surface area (Å²) in [7, 11) is -4.19. The van der Waals surface area contributed by atoms with Gasteiger partial charge in [-0.25, -0.2) is 4.18 Å². The highest BCUT2D eigenvalue weighted by atomic mass is 32.3. The topological polar surface area (TPSA) is 116 Å². The van der Waals surface area contributed by atoms with Crippen molar-refractivity contribution in [3.05, 3.63) is 35.9 Å². The van der Waals surface area contributed by atoms with Gasteiger partial charge >= 0.3 is 16.4 Å². The van der Waals surface area contributed by atoms with Crippen molar-refractivity contribution in [2.24, 2.45) is 5.73 Å². The van der Waals surface area contributed by atoms with Gasteiger partial charge in [0.25, 0.3) is 0 Å². The van der Waals surface area contributed by atoms with Crippen LogP contribution in [0.3, 0.4) is 0 Å². The number of nitrogens with two attached hydrogens (primary N) is 1. The first kappa shape index (κ1) is 21.5. The van der Waals surface area contributed by atoms with E-state index in [1.54, 1.807) is 6.92 Å². The van der Waals surface area contributed by atoms with Gasteiger partial charge in [-0.15, -0.1) is 0 Å². The Kier molecular flexibility index (Phi) is 11.2. The third-order valence-electron chi connectivity index (χ3n) is 2.49. The van der Waals surface area contributed by atoms with E-state index in [-0.39, 0.29) is 12.6 Å². The molecule has 8 heteroatoms. The molecule has 0 saturated carbocycles. The van der Waals surface area contributed by atoms with E-state index in [0.29, 0.717) is 19.4 Å². The quantitative estimate of drug-likeness (QED) is 0.543. The summed E-state index contributed by atoms with van der Waals surface area (Å²) in [6.07, 6.45) is 1.92. The van der Waals surface area contributed by atoms with Crippen molar-refractivity contribution in [2.75, 3.05) is 13.2 Å². The fourth-order valence-electron chi connectivity index (χ4n) is 1.45. The largest absolute Gasteiger partial charge is 0.465 e. The molecule has 0 saturated heterocycles. The lowest BCUT2D eigenvalue weighted by Gasteiger charge is -2.10. The molecule has 1 aromatic rings. The summed E-state index contributed by atoms with van der Waals surface area (Å²) in [5.74, 6) is -0.319. The Morgan fingerprint density at radius 3 is 2.17 bits per heavy atom. The Bertz CT molecular complexity index is 532. The first-order valence-corrected chi connectivity index (χ1v) is 8.74. The highest BCUT2D eigenvalue weighted by Gasteiger charge is 2.14. The molecular weight excluding hydrogens is 322 g/mol. The molecule has 7 nitrogen and oxygen atoms in total. The van der Waals surface area contributed by atoms with E-state index in [2.05, 4.69) is 4.18 Å². The van der Waals surface area contributed by atoms with Crippen LogP contribution in [0.15, 0.2) is 30.3 Å². The Labute approximate surface area is 137 Å². The standard InChI is InChI=1S/C12H17NO2.C3H8O4S/c1-2-8-15-12(14)11(13)9-10-6-4-3-5-7-10;1-2-3-7-8(4,5)6/h3-7,11H,2,8-9,13H2,1H3;2-3H2,1H3,(H,4,5,6)/t11-;/m0./s1. The minimum atomic E-state index is -4.19. The van der Waals surface area contributed by atoms with E-state index in [4.69, 9.17) is 15.0 Å². The zero-order valence-electron chi connectivity index (χ0n) is 13.5.